The molecule has 94 valence electrons. The van der Waals surface area contributed by atoms with Crippen molar-refractivity contribution in [1.82, 2.24) is 4.98 Å². The molecule has 0 unspecified atom stereocenters. The van der Waals surface area contributed by atoms with Gasteiger partial charge >= 0.3 is 5.97 Å². The van der Waals surface area contributed by atoms with Crippen LogP contribution < -0.4 is 5.32 Å². The monoisotopic (exact) mass is 282 g/mol. The zero-order chi connectivity index (χ0) is 13.0. The molecule has 1 aromatic heterocycles. The quantitative estimate of drug-likeness (QED) is 0.875. The van der Waals surface area contributed by atoms with Gasteiger partial charge in [-0.2, -0.15) is 0 Å². The van der Waals surface area contributed by atoms with Crippen molar-refractivity contribution in [2.24, 2.45) is 0 Å². The van der Waals surface area contributed by atoms with Gasteiger partial charge in [0.2, 0.25) is 0 Å². The molecule has 0 saturated carbocycles. The van der Waals surface area contributed by atoms with Crippen molar-refractivity contribution in [2.75, 3.05) is 12.4 Å². The molecule has 4 nitrogen and oxygen atoms in total. The summed E-state index contributed by atoms with van der Waals surface area (Å²) in [6.45, 7) is 0.571. The maximum atomic E-state index is 11.4. The molecule has 0 atom stereocenters. The van der Waals surface area contributed by atoms with Crippen LogP contribution in [0.5, 0.6) is 0 Å². The molecule has 1 heterocycles. The van der Waals surface area contributed by atoms with E-state index in [9.17, 15) is 4.79 Å². The summed E-state index contributed by atoms with van der Waals surface area (Å²) in [5, 5.41) is 6.56. The smallest absolute Gasteiger partial charge is 0.337 e. The lowest BCUT2D eigenvalue weighted by molar-refractivity contribution is 0.0601. The van der Waals surface area contributed by atoms with E-state index >= 15 is 0 Å². The molecular weight excluding hydrogens is 272 g/mol. The van der Waals surface area contributed by atoms with E-state index in [1.165, 1.54) is 7.11 Å². The summed E-state index contributed by atoms with van der Waals surface area (Å²) in [6.07, 6.45) is 1.74. The van der Waals surface area contributed by atoms with Crippen molar-refractivity contribution in [3.8, 4) is 0 Å². The Morgan fingerprint density at radius 1 is 1.56 bits per heavy atom. The van der Waals surface area contributed by atoms with Gasteiger partial charge < -0.3 is 10.1 Å². The fraction of sp³-hybridized carbons (Fsp3) is 0.167. The van der Waals surface area contributed by atoms with E-state index in [1.54, 1.807) is 35.7 Å². The summed E-state index contributed by atoms with van der Waals surface area (Å²) >= 11 is 7.61. The van der Waals surface area contributed by atoms with Gasteiger partial charge in [-0.1, -0.05) is 11.6 Å². The number of hydrogen-bond donors (Lipinski definition) is 1. The van der Waals surface area contributed by atoms with Crippen LogP contribution in [0.15, 0.2) is 29.8 Å². The number of methoxy groups -OCH3 is 1. The van der Waals surface area contributed by atoms with Crippen LogP contribution in [-0.4, -0.2) is 18.1 Å². The second kappa shape index (κ2) is 5.84. The molecule has 0 amide bonds. The number of anilines is 1. The lowest BCUT2D eigenvalue weighted by Gasteiger charge is -2.08. The first-order chi connectivity index (χ1) is 8.70. The molecule has 1 aromatic carbocycles. The number of carbonyl (C=O) groups is 1. The van der Waals surface area contributed by atoms with Gasteiger partial charge in [-0.3, -0.25) is 0 Å². The minimum absolute atomic E-state index is 0.385. The number of carbonyl (C=O) groups excluding carboxylic acids is 1. The van der Waals surface area contributed by atoms with Crippen LogP contribution in [0.4, 0.5) is 5.69 Å². The van der Waals surface area contributed by atoms with Crippen molar-refractivity contribution in [1.29, 1.82) is 0 Å². The Morgan fingerprint density at radius 3 is 3.06 bits per heavy atom. The number of nitrogens with zero attached hydrogens (tertiary/aromatic N) is 1. The average Bonchev–Trinajstić information content (AvgIpc) is 2.90. The fourth-order valence-corrected chi connectivity index (χ4v) is 2.16. The van der Waals surface area contributed by atoms with E-state index < -0.39 is 0 Å². The van der Waals surface area contributed by atoms with E-state index in [0.29, 0.717) is 22.8 Å². The first-order valence-electron chi connectivity index (χ1n) is 5.21. The molecule has 0 aliphatic rings. The largest absolute Gasteiger partial charge is 0.465 e. The number of benzene rings is 1. The second-order valence-corrected chi connectivity index (χ2v) is 4.85. The molecule has 0 aliphatic carbocycles. The van der Waals surface area contributed by atoms with Crippen LogP contribution in [-0.2, 0) is 11.3 Å². The summed E-state index contributed by atoms with van der Waals surface area (Å²) < 4.78 is 4.66. The number of nitrogens with one attached hydrogen (secondary N) is 1. The van der Waals surface area contributed by atoms with Gasteiger partial charge in [0.05, 0.1) is 29.9 Å². The summed E-state index contributed by atoms with van der Waals surface area (Å²) in [6, 6.07) is 4.96. The van der Waals surface area contributed by atoms with Gasteiger partial charge in [-0.25, -0.2) is 9.78 Å². The summed E-state index contributed by atoms with van der Waals surface area (Å²) in [4.78, 5) is 15.6. The maximum Gasteiger partial charge on any atom is 0.337 e. The normalized spacial score (nSPS) is 10.1. The Hall–Kier alpha value is -1.59. The number of aromatic nitrogens is 1. The molecule has 0 saturated heterocycles. The van der Waals surface area contributed by atoms with Crippen LogP contribution in [0.25, 0.3) is 0 Å². The van der Waals surface area contributed by atoms with Crippen LogP contribution >= 0.6 is 22.9 Å². The molecule has 1 N–H and O–H groups in total. The number of esters is 1. The molecule has 2 rings (SSSR count). The SMILES string of the molecule is COC(=O)c1ccc(Cl)c(NCc2nccs2)c1. The van der Waals surface area contributed by atoms with Crippen molar-refractivity contribution < 1.29 is 9.53 Å². The van der Waals surface area contributed by atoms with Crippen molar-refractivity contribution in [3.63, 3.8) is 0 Å². The highest BCUT2D eigenvalue weighted by molar-refractivity contribution is 7.09. The summed E-state index contributed by atoms with van der Waals surface area (Å²) in [5.41, 5.74) is 1.15. The molecular formula is C12H11ClN2O2S. The van der Waals surface area contributed by atoms with Crippen molar-refractivity contribution >= 4 is 34.6 Å². The first kappa shape index (κ1) is 12.9. The lowest BCUT2D eigenvalue weighted by Crippen LogP contribution is -2.04. The maximum absolute atomic E-state index is 11.4. The van der Waals surface area contributed by atoms with Crippen molar-refractivity contribution in [3.05, 3.63) is 45.4 Å². The van der Waals surface area contributed by atoms with Crippen LogP contribution in [0.3, 0.4) is 0 Å². The molecule has 0 aliphatic heterocycles. The van der Waals surface area contributed by atoms with E-state index in [4.69, 9.17) is 11.6 Å². The third kappa shape index (κ3) is 3.00. The third-order valence-electron chi connectivity index (χ3n) is 2.30. The van der Waals surface area contributed by atoms with Crippen molar-refractivity contribution in [2.45, 2.75) is 6.54 Å². The summed E-state index contributed by atoms with van der Waals surface area (Å²) in [5.74, 6) is -0.385. The van der Waals surface area contributed by atoms with Gasteiger partial charge in [-0.15, -0.1) is 11.3 Å². The van der Waals surface area contributed by atoms with Gasteiger partial charge in [0.1, 0.15) is 5.01 Å². The molecule has 2 aromatic rings. The molecule has 0 spiro atoms. The van der Waals surface area contributed by atoms with E-state index in [1.807, 2.05) is 5.38 Å². The highest BCUT2D eigenvalue weighted by Gasteiger charge is 2.09. The second-order valence-electron chi connectivity index (χ2n) is 3.47. The Kier molecular flexibility index (Phi) is 4.17. The van der Waals surface area contributed by atoms with Crippen LogP contribution in [0, 0.1) is 0 Å². The molecule has 0 fully saturated rings. The first-order valence-corrected chi connectivity index (χ1v) is 6.46. The van der Waals surface area contributed by atoms with Crippen LogP contribution in [0.2, 0.25) is 5.02 Å². The predicted molar refractivity (Wildman–Crippen MR) is 72.2 cm³/mol. The zero-order valence-electron chi connectivity index (χ0n) is 9.64. The average molecular weight is 283 g/mol. The summed E-state index contributed by atoms with van der Waals surface area (Å²) in [7, 11) is 1.35. The molecule has 0 bridgehead atoms. The number of hydrogen-bond acceptors (Lipinski definition) is 5. The Labute approximate surface area is 114 Å². The minimum atomic E-state index is -0.385. The Balaban J connectivity index is 2.13. The van der Waals surface area contributed by atoms with Crippen LogP contribution in [0.1, 0.15) is 15.4 Å². The van der Waals surface area contributed by atoms with E-state index in [0.717, 1.165) is 5.01 Å². The van der Waals surface area contributed by atoms with Gasteiger partial charge in [0.25, 0.3) is 0 Å². The topological polar surface area (TPSA) is 51.2 Å². The number of halogens is 1. The molecule has 18 heavy (non-hydrogen) atoms. The number of rotatable bonds is 4. The van der Waals surface area contributed by atoms with E-state index in [-0.39, 0.29) is 5.97 Å². The Bertz CT molecular complexity index is 543. The Morgan fingerprint density at radius 2 is 2.39 bits per heavy atom. The van der Waals surface area contributed by atoms with E-state index in [2.05, 4.69) is 15.0 Å². The standard InChI is InChI=1S/C12H11ClN2O2S/c1-17-12(16)8-2-3-9(13)10(6-8)15-7-11-14-4-5-18-11/h2-6,15H,7H2,1H3. The highest BCUT2D eigenvalue weighted by Crippen LogP contribution is 2.24. The van der Waals surface area contributed by atoms with Gasteiger partial charge in [0.15, 0.2) is 0 Å². The lowest BCUT2D eigenvalue weighted by atomic mass is 10.2. The molecule has 6 heteroatoms. The van der Waals surface area contributed by atoms with Gasteiger partial charge in [0, 0.05) is 11.6 Å². The zero-order valence-corrected chi connectivity index (χ0v) is 11.2. The van der Waals surface area contributed by atoms with Gasteiger partial charge in [-0.05, 0) is 18.2 Å². The highest BCUT2D eigenvalue weighted by atomic mass is 35.5. The third-order valence-corrected chi connectivity index (χ3v) is 3.41. The fourth-order valence-electron chi connectivity index (χ4n) is 1.42. The number of thiazole rings is 1. The molecule has 0 radical (unpaired) electrons. The minimum Gasteiger partial charge on any atom is -0.465 e. The number of ether oxygens (including phenoxy) is 1. The predicted octanol–water partition coefficient (Wildman–Crippen LogP) is 3.20.